The van der Waals surface area contributed by atoms with Gasteiger partial charge in [0.25, 0.3) is 0 Å². The number of carbonyl (C=O) groups is 4. The molecule has 1 aliphatic heterocycles. The van der Waals surface area contributed by atoms with Gasteiger partial charge in [0.2, 0.25) is 5.43 Å². The Kier molecular flexibility index (Phi) is 13.4. The van der Waals surface area contributed by atoms with Crippen molar-refractivity contribution in [2.24, 2.45) is 0 Å². The first-order chi connectivity index (χ1) is 26.7. The number of nitrogens with zero attached hydrogens (tertiary/aromatic N) is 4. The van der Waals surface area contributed by atoms with E-state index in [2.05, 4.69) is 16.8 Å². The van der Waals surface area contributed by atoms with E-state index in [1.165, 1.54) is 12.4 Å². The van der Waals surface area contributed by atoms with Crippen molar-refractivity contribution in [2.75, 3.05) is 31.1 Å². The van der Waals surface area contributed by atoms with E-state index in [9.17, 15) is 24.0 Å². The molecule has 5 rings (SSSR count). The van der Waals surface area contributed by atoms with Crippen LogP contribution >= 0.6 is 0 Å². The van der Waals surface area contributed by atoms with Gasteiger partial charge in [-0.15, -0.1) is 24.7 Å². The van der Waals surface area contributed by atoms with Gasteiger partial charge in [0.15, 0.2) is 5.75 Å². The Hall–Kier alpha value is -5.89. The van der Waals surface area contributed by atoms with Gasteiger partial charge in [-0.2, -0.15) is 0 Å². The number of terminal acetylenes is 2. The summed E-state index contributed by atoms with van der Waals surface area (Å²) in [5.41, 5.74) is -0.188. The summed E-state index contributed by atoms with van der Waals surface area (Å²) >= 11 is 0. The minimum Gasteiger partial charge on any atom is -0.461 e. The molecular weight excluding hydrogens is 723 g/mol. The van der Waals surface area contributed by atoms with Crippen molar-refractivity contribution >= 4 is 40.6 Å². The number of amides is 1. The molecule has 0 bridgehead atoms. The fourth-order valence-corrected chi connectivity index (χ4v) is 6.22. The molecule has 0 atom stereocenters. The number of aromatic nitrogens is 2. The number of hydrogen-bond acceptors (Lipinski definition) is 11. The van der Waals surface area contributed by atoms with Crippen molar-refractivity contribution < 1.29 is 42.5 Å². The fourth-order valence-electron chi connectivity index (χ4n) is 6.22. The van der Waals surface area contributed by atoms with E-state index < -0.39 is 40.8 Å². The van der Waals surface area contributed by atoms with Crippen LogP contribution in [0.5, 0.6) is 5.75 Å². The Morgan fingerprint density at radius 1 is 0.946 bits per heavy atom. The second-order valence-corrected chi connectivity index (χ2v) is 14.8. The summed E-state index contributed by atoms with van der Waals surface area (Å²) in [5, 5.41) is 0.00135. The van der Waals surface area contributed by atoms with Crippen molar-refractivity contribution in [1.82, 2.24) is 14.5 Å². The van der Waals surface area contributed by atoms with Gasteiger partial charge < -0.3 is 33.3 Å². The number of halogens is 1. The van der Waals surface area contributed by atoms with Crippen LogP contribution in [0.1, 0.15) is 105 Å². The molecule has 0 N–H and O–H groups in total. The van der Waals surface area contributed by atoms with E-state index in [4.69, 9.17) is 31.8 Å². The van der Waals surface area contributed by atoms with Crippen LogP contribution in [0.4, 0.5) is 14.9 Å². The molecule has 3 aromatic rings. The third kappa shape index (κ3) is 10.4. The average molecular weight is 771 g/mol. The zero-order valence-corrected chi connectivity index (χ0v) is 32.3. The zero-order chi connectivity index (χ0) is 40.6. The minimum absolute atomic E-state index is 0.00135. The van der Waals surface area contributed by atoms with Crippen LogP contribution in [0.25, 0.3) is 10.9 Å². The average Bonchev–Trinajstić information content (AvgIpc) is 4.00. The lowest BCUT2D eigenvalue weighted by Crippen LogP contribution is -2.50. The van der Waals surface area contributed by atoms with E-state index in [0.29, 0.717) is 62.9 Å². The summed E-state index contributed by atoms with van der Waals surface area (Å²) in [7, 11) is 0. The second-order valence-electron chi connectivity index (χ2n) is 14.8. The highest BCUT2D eigenvalue weighted by Crippen LogP contribution is 2.38. The monoisotopic (exact) mass is 770 g/mol. The van der Waals surface area contributed by atoms with Gasteiger partial charge in [0, 0.05) is 86.8 Å². The standard InChI is InChI=1S/C42H47FN4O9/c1-7-9-11-13-36(48)53-25-28-23-44-27(3)39(32(28)26-54-37(49)14-12-10-8-2)55-40(51)31-24-47(29-15-16-29)34-22-35(33(43)21-30(34)38(31)50)45-17-19-46(20-18-45)41(52)56-42(4,5)6/h1-2,21-24,29H,9-20,25-26H2,3-6H3. The summed E-state index contributed by atoms with van der Waals surface area (Å²) in [5.74, 6) is 2.14. The topological polar surface area (TPSA) is 147 Å². The molecule has 2 aliphatic rings. The van der Waals surface area contributed by atoms with E-state index in [-0.39, 0.29) is 65.7 Å². The number of carbonyl (C=O) groups excluding carboxylic acids is 4. The number of fused-ring (bicyclic) bond motifs is 1. The molecule has 56 heavy (non-hydrogen) atoms. The third-order valence-electron chi connectivity index (χ3n) is 9.30. The first-order valence-corrected chi connectivity index (χ1v) is 18.7. The van der Waals surface area contributed by atoms with Crippen molar-refractivity contribution in [3.63, 3.8) is 0 Å². The predicted octanol–water partition coefficient (Wildman–Crippen LogP) is 6.15. The number of anilines is 1. The molecule has 1 aromatic carbocycles. The molecule has 2 fully saturated rings. The highest BCUT2D eigenvalue weighted by molar-refractivity contribution is 5.96. The molecule has 0 spiro atoms. The number of aryl methyl sites for hydroxylation is 1. The smallest absolute Gasteiger partial charge is 0.410 e. The van der Waals surface area contributed by atoms with Gasteiger partial charge in [0.05, 0.1) is 16.9 Å². The molecule has 1 saturated carbocycles. The van der Waals surface area contributed by atoms with E-state index in [1.807, 2.05) is 4.90 Å². The molecule has 296 valence electrons. The van der Waals surface area contributed by atoms with Gasteiger partial charge >= 0.3 is 24.0 Å². The molecule has 2 aromatic heterocycles. The molecule has 1 aliphatic carbocycles. The van der Waals surface area contributed by atoms with E-state index in [0.717, 1.165) is 18.9 Å². The number of hydrogen-bond donors (Lipinski definition) is 0. The van der Waals surface area contributed by atoms with Gasteiger partial charge in [-0.1, -0.05) is 0 Å². The summed E-state index contributed by atoms with van der Waals surface area (Å²) in [6.45, 7) is 7.67. The SMILES string of the molecule is C#CCCCC(=O)OCc1cnc(C)c(OC(=O)c2cn(C3CC3)c3cc(N4CCN(C(=O)OC(C)(C)C)CC4)c(F)cc3c2=O)c1COC(=O)CCCC#C. The number of rotatable bonds is 14. The van der Waals surface area contributed by atoms with Crippen LogP contribution in [-0.4, -0.2) is 70.2 Å². The van der Waals surface area contributed by atoms with Gasteiger partial charge in [-0.05, 0) is 65.5 Å². The number of esters is 3. The van der Waals surface area contributed by atoms with Crippen LogP contribution in [0, 0.1) is 37.4 Å². The lowest BCUT2D eigenvalue weighted by molar-refractivity contribution is -0.146. The summed E-state index contributed by atoms with van der Waals surface area (Å²) < 4.78 is 40.0. The maximum Gasteiger partial charge on any atom is 0.410 e. The second kappa shape index (κ2) is 18.2. The van der Waals surface area contributed by atoms with Crippen LogP contribution in [-0.2, 0) is 37.0 Å². The first-order valence-electron chi connectivity index (χ1n) is 18.7. The van der Waals surface area contributed by atoms with Gasteiger partial charge in [-0.25, -0.2) is 14.0 Å². The number of ether oxygens (including phenoxy) is 4. The van der Waals surface area contributed by atoms with Crippen LogP contribution < -0.4 is 15.1 Å². The summed E-state index contributed by atoms with van der Waals surface area (Å²) in [4.78, 5) is 73.2. The molecule has 1 saturated heterocycles. The molecular formula is C42H47FN4O9. The first kappa shape index (κ1) is 41.3. The molecule has 1 amide bonds. The largest absolute Gasteiger partial charge is 0.461 e. The molecule has 13 nitrogen and oxygen atoms in total. The molecule has 0 radical (unpaired) electrons. The normalized spacial score (nSPS) is 14.1. The zero-order valence-electron chi connectivity index (χ0n) is 32.3. The quantitative estimate of drug-likeness (QED) is 0.0806. The van der Waals surface area contributed by atoms with Crippen molar-refractivity contribution in [2.45, 2.75) is 104 Å². The highest BCUT2D eigenvalue weighted by atomic mass is 19.1. The Labute approximate surface area is 325 Å². The van der Waals surface area contributed by atoms with Crippen molar-refractivity contribution in [3.8, 4) is 30.4 Å². The third-order valence-corrected chi connectivity index (χ3v) is 9.30. The Morgan fingerprint density at radius 3 is 2.16 bits per heavy atom. The van der Waals surface area contributed by atoms with Crippen LogP contribution in [0.3, 0.4) is 0 Å². The van der Waals surface area contributed by atoms with Crippen molar-refractivity contribution in [3.05, 3.63) is 63.0 Å². The fraction of sp³-hybridized carbons (Fsp3) is 0.476. The van der Waals surface area contributed by atoms with Gasteiger partial charge in [-0.3, -0.25) is 19.4 Å². The number of unbranched alkanes of at least 4 members (excludes halogenated alkanes) is 2. The summed E-state index contributed by atoms with van der Waals surface area (Å²) in [6, 6.07) is 2.72. The Bertz CT molecular complexity index is 2130. The lowest BCUT2D eigenvalue weighted by atomic mass is 10.1. The van der Waals surface area contributed by atoms with E-state index in [1.54, 1.807) is 43.2 Å². The minimum atomic E-state index is -1.02. The molecule has 14 heteroatoms. The number of pyridine rings is 2. The number of benzene rings is 1. The van der Waals surface area contributed by atoms with Crippen LogP contribution in [0.15, 0.2) is 29.3 Å². The molecule has 3 heterocycles. The predicted molar refractivity (Wildman–Crippen MR) is 205 cm³/mol. The lowest BCUT2D eigenvalue weighted by Gasteiger charge is -2.37. The summed E-state index contributed by atoms with van der Waals surface area (Å²) in [6.07, 6.45) is 16.4. The highest BCUT2D eigenvalue weighted by Gasteiger charge is 2.31. The Morgan fingerprint density at radius 2 is 1.57 bits per heavy atom. The maximum absolute atomic E-state index is 15.9. The Balaban J connectivity index is 1.43. The van der Waals surface area contributed by atoms with Crippen molar-refractivity contribution in [1.29, 1.82) is 0 Å². The van der Waals surface area contributed by atoms with E-state index >= 15 is 4.39 Å². The maximum atomic E-state index is 15.9. The van der Waals surface area contributed by atoms with Crippen LogP contribution in [0.2, 0.25) is 0 Å². The number of piperazine rings is 1. The van der Waals surface area contributed by atoms with Gasteiger partial charge in [0.1, 0.15) is 30.2 Å². The molecule has 0 unspecified atom stereocenters.